The van der Waals surface area contributed by atoms with E-state index < -0.39 is 5.82 Å². The number of hydrogen-bond acceptors (Lipinski definition) is 4. The zero-order valence-electron chi connectivity index (χ0n) is 9.13. The monoisotopic (exact) mass is 251 g/mol. The third-order valence-corrected chi connectivity index (χ3v) is 2.87. The standard InChI is InChI=1S/C11H10FN3OS/c1-15(5-8-6-17-7-14-8)11(16)9-2-3-13-4-10(9)12/h2-4,6-7H,5H2,1H3. The van der Waals surface area contributed by atoms with Crippen LogP contribution in [0.15, 0.2) is 29.4 Å². The highest BCUT2D eigenvalue weighted by Gasteiger charge is 2.16. The van der Waals surface area contributed by atoms with Crippen molar-refractivity contribution in [2.75, 3.05) is 7.05 Å². The van der Waals surface area contributed by atoms with Gasteiger partial charge in [0.1, 0.15) is 0 Å². The molecule has 0 unspecified atom stereocenters. The second kappa shape index (κ2) is 5.01. The van der Waals surface area contributed by atoms with E-state index in [0.717, 1.165) is 11.9 Å². The third kappa shape index (κ3) is 2.65. The molecule has 0 saturated carbocycles. The Morgan fingerprint density at radius 1 is 1.59 bits per heavy atom. The van der Waals surface area contributed by atoms with Gasteiger partial charge in [0.2, 0.25) is 0 Å². The van der Waals surface area contributed by atoms with Crippen LogP contribution in [0.4, 0.5) is 4.39 Å². The van der Waals surface area contributed by atoms with Gasteiger partial charge in [-0.25, -0.2) is 9.37 Å². The molecule has 0 aliphatic heterocycles. The number of halogens is 1. The summed E-state index contributed by atoms with van der Waals surface area (Å²) >= 11 is 1.46. The highest BCUT2D eigenvalue weighted by atomic mass is 32.1. The lowest BCUT2D eigenvalue weighted by atomic mass is 10.2. The van der Waals surface area contributed by atoms with Crippen molar-refractivity contribution in [3.05, 3.63) is 46.4 Å². The summed E-state index contributed by atoms with van der Waals surface area (Å²) in [6.45, 7) is 0.365. The molecule has 0 bridgehead atoms. The Kier molecular flexibility index (Phi) is 3.43. The fourth-order valence-electron chi connectivity index (χ4n) is 1.38. The maximum absolute atomic E-state index is 13.4. The Morgan fingerprint density at radius 2 is 2.41 bits per heavy atom. The van der Waals surface area contributed by atoms with Crippen molar-refractivity contribution < 1.29 is 9.18 Å². The van der Waals surface area contributed by atoms with E-state index in [1.165, 1.54) is 28.5 Å². The number of pyridine rings is 1. The molecule has 2 heterocycles. The van der Waals surface area contributed by atoms with Gasteiger partial charge in [-0.05, 0) is 6.07 Å². The van der Waals surface area contributed by atoms with Gasteiger partial charge in [0, 0.05) is 18.6 Å². The Bertz CT molecular complexity index is 515. The lowest BCUT2D eigenvalue weighted by Crippen LogP contribution is -2.27. The predicted molar refractivity (Wildman–Crippen MR) is 62.1 cm³/mol. The normalized spacial score (nSPS) is 10.2. The first kappa shape index (κ1) is 11.7. The molecule has 2 aromatic heterocycles. The summed E-state index contributed by atoms with van der Waals surface area (Å²) in [6.07, 6.45) is 2.43. The molecule has 6 heteroatoms. The summed E-state index contributed by atoms with van der Waals surface area (Å²) in [7, 11) is 1.61. The van der Waals surface area contributed by atoms with Gasteiger partial charge in [0.15, 0.2) is 5.82 Å². The van der Waals surface area contributed by atoms with E-state index in [0.29, 0.717) is 6.54 Å². The predicted octanol–water partition coefficient (Wildman–Crippen LogP) is 1.95. The van der Waals surface area contributed by atoms with Crippen LogP contribution in [0.25, 0.3) is 0 Å². The molecule has 88 valence electrons. The zero-order valence-corrected chi connectivity index (χ0v) is 9.95. The van der Waals surface area contributed by atoms with Crippen molar-refractivity contribution in [1.82, 2.24) is 14.9 Å². The van der Waals surface area contributed by atoms with Crippen molar-refractivity contribution in [1.29, 1.82) is 0 Å². The quantitative estimate of drug-likeness (QED) is 0.837. The molecule has 2 rings (SSSR count). The summed E-state index contributed by atoms with van der Waals surface area (Å²) in [5.74, 6) is -0.986. The van der Waals surface area contributed by atoms with Crippen LogP contribution in [0.5, 0.6) is 0 Å². The minimum absolute atomic E-state index is 0.0257. The lowest BCUT2D eigenvalue weighted by Gasteiger charge is -2.15. The molecule has 2 aromatic rings. The van der Waals surface area contributed by atoms with Crippen molar-refractivity contribution in [2.45, 2.75) is 6.54 Å². The summed E-state index contributed by atoms with van der Waals surface area (Å²) in [5.41, 5.74) is 2.51. The number of nitrogens with zero attached hydrogens (tertiary/aromatic N) is 3. The fraction of sp³-hybridized carbons (Fsp3) is 0.182. The average Bonchev–Trinajstić information content (AvgIpc) is 2.81. The molecule has 0 atom stereocenters. The van der Waals surface area contributed by atoms with Crippen LogP contribution in [-0.4, -0.2) is 27.8 Å². The molecule has 0 spiro atoms. The van der Waals surface area contributed by atoms with Gasteiger partial charge in [-0.2, -0.15) is 0 Å². The second-order valence-corrected chi connectivity index (χ2v) is 4.22. The minimum atomic E-state index is -0.609. The first-order chi connectivity index (χ1) is 8.18. The zero-order chi connectivity index (χ0) is 12.3. The number of amides is 1. The van der Waals surface area contributed by atoms with Gasteiger partial charge >= 0.3 is 0 Å². The smallest absolute Gasteiger partial charge is 0.257 e. The molecule has 4 nitrogen and oxygen atoms in total. The fourth-order valence-corrected chi connectivity index (χ4v) is 1.93. The first-order valence-corrected chi connectivity index (χ1v) is 5.85. The van der Waals surface area contributed by atoms with E-state index in [1.54, 1.807) is 12.6 Å². The molecule has 0 aromatic carbocycles. The molecular formula is C11H10FN3OS. The van der Waals surface area contributed by atoms with Crippen LogP contribution in [0.2, 0.25) is 0 Å². The van der Waals surface area contributed by atoms with Crippen molar-refractivity contribution >= 4 is 17.2 Å². The molecule has 1 amide bonds. The lowest BCUT2D eigenvalue weighted by molar-refractivity contribution is 0.0779. The van der Waals surface area contributed by atoms with Crippen molar-refractivity contribution in [3.8, 4) is 0 Å². The summed E-state index contributed by atoms with van der Waals surface area (Å²) < 4.78 is 13.4. The molecule has 0 N–H and O–H groups in total. The van der Waals surface area contributed by atoms with E-state index in [-0.39, 0.29) is 11.5 Å². The highest BCUT2D eigenvalue weighted by Crippen LogP contribution is 2.10. The largest absolute Gasteiger partial charge is 0.336 e. The van der Waals surface area contributed by atoms with Crippen molar-refractivity contribution in [3.63, 3.8) is 0 Å². The number of aromatic nitrogens is 2. The maximum atomic E-state index is 13.4. The number of carbonyl (C=O) groups is 1. The van der Waals surface area contributed by atoms with E-state index in [2.05, 4.69) is 9.97 Å². The maximum Gasteiger partial charge on any atom is 0.257 e. The van der Waals surface area contributed by atoms with E-state index in [4.69, 9.17) is 0 Å². The SMILES string of the molecule is CN(Cc1cscn1)C(=O)c1ccncc1F. The molecule has 0 aliphatic carbocycles. The van der Waals surface area contributed by atoms with Gasteiger partial charge in [0.25, 0.3) is 5.91 Å². The van der Waals surface area contributed by atoms with Crippen LogP contribution in [0.1, 0.15) is 16.1 Å². The number of carbonyl (C=O) groups excluding carboxylic acids is 1. The molecular weight excluding hydrogens is 241 g/mol. The Morgan fingerprint density at radius 3 is 3.06 bits per heavy atom. The van der Waals surface area contributed by atoms with Crippen LogP contribution < -0.4 is 0 Å². The Hall–Kier alpha value is -1.82. The van der Waals surface area contributed by atoms with Gasteiger partial charge in [-0.15, -0.1) is 11.3 Å². The van der Waals surface area contributed by atoms with E-state index in [9.17, 15) is 9.18 Å². The van der Waals surface area contributed by atoms with Gasteiger partial charge < -0.3 is 4.90 Å². The van der Waals surface area contributed by atoms with Crippen LogP contribution in [0, 0.1) is 5.82 Å². The minimum Gasteiger partial charge on any atom is -0.336 e. The molecule has 0 fully saturated rings. The average molecular weight is 251 g/mol. The molecule has 0 aliphatic rings. The first-order valence-electron chi connectivity index (χ1n) is 4.90. The van der Waals surface area contributed by atoms with Gasteiger partial charge in [-0.3, -0.25) is 9.78 Å². The Balaban J connectivity index is 2.13. The van der Waals surface area contributed by atoms with Crippen LogP contribution in [0.3, 0.4) is 0 Å². The van der Waals surface area contributed by atoms with Gasteiger partial charge in [0.05, 0.1) is 29.5 Å². The third-order valence-electron chi connectivity index (χ3n) is 2.23. The number of hydrogen-bond donors (Lipinski definition) is 0. The van der Waals surface area contributed by atoms with Crippen LogP contribution >= 0.6 is 11.3 Å². The molecule has 0 radical (unpaired) electrons. The van der Waals surface area contributed by atoms with Crippen molar-refractivity contribution in [2.24, 2.45) is 0 Å². The van der Waals surface area contributed by atoms with E-state index in [1.807, 2.05) is 5.38 Å². The summed E-state index contributed by atoms with van der Waals surface area (Å²) in [5, 5.41) is 1.85. The summed E-state index contributed by atoms with van der Waals surface area (Å²) in [4.78, 5) is 21.0. The number of rotatable bonds is 3. The molecule has 17 heavy (non-hydrogen) atoms. The van der Waals surface area contributed by atoms with Crippen LogP contribution in [-0.2, 0) is 6.54 Å². The Labute approximate surface area is 102 Å². The number of thiazole rings is 1. The van der Waals surface area contributed by atoms with Gasteiger partial charge in [-0.1, -0.05) is 0 Å². The summed E-state index contributed by atoms with van der Waals surface area (Å²) in [6, 6.07) is 1.37. The second-order valence-electron chi connectivity index (χ2n) is 3.50. The van der Waals surface area contributed by atoms with E-state index >= 15 is 0 Å². The topological polar surface area (TPSA) is 46.1 Å². The molecule has 0 saturated heterocycles. The highest BCUT2D eigenvalue weighted by molar-refractivity contribution is 7.07.